The van der Waals surface area contributed by atoms with Gasteiger partial charge in [-0.3, -0.25) is 4.79 Å². The molecule has 1 aliphatic heterocycles. The molecule has 1 unspecified atom stereocenters. The van der Waals surface area contributed by atoms with Crippen LogP contribution in [0.1, 0.15) is 39.2 Å². The highest BCUT2D eigenvalue weighted by Gasteiger charge is 2.32. The molecular weight excluding hydrogens is 309 g/mol. The van der Waals surface area contributed by atoms with E-state index in [1.807, 2.05) is 20.8 Å². The maximum atomic E-state index is 12.7. The zero-order valence-electron chi connectivity index (χ0n) is 13.5. The number of aromatic nitrogens is 1. The Morgan fingerprint density at radius 1 is 1.39 bits per heavy atom. The van der Waals surface area contributed by atoms with E-state index in [0.29, 0.717) is 25.9 Å². The molecular formula is C16H21F3N2O2. The summed E-state index contributed by atoms with van der Waals surface area (Å²) in [4.78, 5) is 17.7. The molecule has 0 spiro atoms. The molecule has 1 saturated heterocycles. The van der Waals surface area contributed by atoms with Crippen molar-refractivity contribution in [2.75, 3.05) is 13.1 Å². The Hall–Kier alpha value is -1.79. The Kier molecular flexibility index (Phi) is 4.87. The summed E-state index contributed by atoms with van der Waals surface area (Å²) in [7, 11) is 0. The van der Waals surface area contributed by atoms with Crippen LogP contribution in [0.15, 0.2) is 18.3 Å². The van der Waals surface area contributed by atoms with E-state index in [1.54, 1.807) is 4.90 Å². The van der Waals surface area contributed by atoms with E-state index in [-0.39, 0.29) is 23.3 Å². The van der Waals surface area contributed by atoms with Gasteiger partial charge in [-0.25, -0.2) is 4.98 Å². The van der Waals surface area contributed by atoms with E-state index in [9.17, 15) is 18.0 Å². The van der Waals surface area contributed by atoms with Gasteiger partial charge in [-0.15, -0.1) is 0 Å². The number of carbonyl (C=O) groups is 1. The van der Waals surface area contributed by atoms with E-state index in [4.69, 9.17) is 4.74 Å². The lowest BCUT2D eigenvalue weighted by molar-refractivity contribution is -0.137. The molecule has 1 aromatic heterocycles. The van der Waals surface area contributed by atoms with Gasteiger partial charge in [0, 0.05) is 31.6 Å². The highest BCUT2D eigenvalue weighted by Crippen LogP contribution is 2.31. The minimum absolute atomic E-state index is 0.0422. The molecule has 1 amide bonds. The summed E-state index contributed by atoms with van der Waals surface area (Å²) < 4.78 is 43.5. The lowest BCUT2D eigenvalue weighted by atomic mass is 9.92. The van der Waals surface area contributed by atoms with Crippen molar-refractivity contribution in [3.05, 3.63) is 23.9 Å². The Morgan fingerprint density at radius 2 is 2.09 bits per heavy atom. The predicted octanol–water partition coefficient (Wildman–Crippen LogP) is 3.52. The van der Waals surface area contributed by atoms with Gasteiger partial charge in [0.2, 0.25) is 11.8 Å². The monoisotopic (exact) mass is 330 g/mol. The number of nitrogens with zero attached hydrogens (tertiary/aromatic N) is 2. The second-order valence-electron chi connectivity index (χ2n) is 6.99. The molecule has 1 aromatic rings. The molecule has 4 nitrogen and oxygen atoms in total. The minimum Gasteiger partial charge on any atom is -0.472 e. The molecule has 0 aliphatic carbocycles. The fourth-order valence-corrected chi connectivity index (χ4v) is 2.44. The summed E-state index contributed by atoms with van der Waals surface area (Å²) in [5.41, 5.74) is -0.889. The van der Waals surface area contributed by atoms with Crippen molar-refractivity contribution in [2.45, 2.75) is 45.9 Å². The first-order valence-electron chi connectivity index (χ1n) is 7.52. The standard InChI is InChI=1S/C16H21F3N2O2/c1-15(2,3)9-14(22)21-7-5-12(10-21)23-13-8-11(4-6-20-13)16(17,18)19/h4,6,8,12H,5,7,9-10H2,1-3H3. The van der Waals surface area contributed by atoms with Crippen molar-refractivity contribution in [3.8, 4) is 5.88 Å². The number of halogens is 3. The van der Waals surface area contributed by atoms with Gasteiger partial charge in [-0.1, -0.05) is 20.8 Å². The zero-order chi connectivity index (χ0) is 17.3. The normalized spacial score (nSPS) is 19.0. The number of rotatable bonds is 3. The lowest BCUT2D eigenvalue weighted by Gasteiger charge is -2.23. The third-order valence-electron chi connectivity index (χ3n) is 3.53. The first-order chi connectivity index (χ1) is 10.5. The molecule has 2 rings (SSSR count). The predicted molar refractivity (Wildman–Crippen MR) is 78.9 cm³/mol. The number of alkyl halides is 3. The summed E-state index contributed by atoms with van der Waals surface area (Å²) in [6.07, 6.45) is -2.65. The average Bonchev–Trinajstić information content (AvgIpc) is 2.85. The number of ether oxygens (including phenoxy) is 1. The Bertz CT molecular complexity index is 567. The molecule has 23 heavy (non-hydrogen) atoms. The van der Waals surface area contributed by atoms with Gasteiger partial charge < -0.3 is 9.64 Å². The highest BCUT2D eigenvalue weighted by atomic mass is 19.4. The number of pyridine rings is 1. The summed E-state index contributed by atoms with van der Waals surface area (Å²) in [5, 5.41) is 0. The summed E-state index contributed by atoms with van der Waals surface area (Å²) in [6.45, 7) is 6.90. The van der Waals surface area contributed by atoms with Crippen LogP contribution >= 0.6 is 0 Å². The van der Waals surface area contributed by atoms with E-state index in [0.717, 1.165) is 18.3 Å². The molecule has 1 atom stereocenters. The zero-order valence-corrected chi connectivity index (χ0v) is 13.5. The number of hydrogen-bond donors (Lipinski definition) is 0. The molecule has 0 saturated carbocycles. The van der Waals surface area contributed by atoms with Gasteiger partial charge in [0.05, 0.1) is 12.1 Å². The quantitative estimate of drug-likeness (QED) is 0.852. The third kappa shape index (κ3) is 5.11. The number of carbonyl (C=O) groups excluding carboxylic acids is 1. The molecule has 2 heterocycles. The van der Waals surface area contributed by atoms with Gasteiger partial charge in [0.15, 0.2) is 0 Å². The number of hydrogen-bond acceptors (Lipinski definition) is 3. The van der Waals surface area contributed by atoms with Gasteiger partial charge in [-0.05, 0) is 11.5 Å². The van der Waals surface area contributed by atoms with Crippen molar-refractivity contribution in [1.29, 1.82) is 0 Å². The Morgan fingerprint density at radius 3 is 2.70 bits per heavy atom. The summed E-state index contributed by atoms with van der Waals surface area (Å²) in [6, 6.07) is 1.79. The van der Waals surface area contributed by atoms with Crippen LogP contribution in [0.4, 0.5) is 13.2 Å². The van der Waals surface area contributed by atoms with Crippen LogP contribution in [0, 0.1) is 5.41 Å². The number of likely N-dealkylation sites (tertiary alicyclic amines) is 1. The van der Waals surface area contributed by atoms with Gasteiger partial charge in [0.1, 0.15) is 6.10 Å². The average molecular weight is 330 g/mol. The minimum atomic E-state index is -4.43. The topological polar surface area (TPSA) is 42.4 Å². The molecule has 0 radical (unpaired) electrons. The molecule has 0 N–H and O–H groups in total. The Labute approximate surface area is 133 Å². The van der Waals surface area contributed by atoms with Crippen molar-refractivity contribution < 1.29 is 22.7 Å². The maximum Gasteiger partial charge on any atom is 0.416 e. The molecule has 128 valence electrons. The maximum absolute atomic E-state index is 12.7. The fourth-order valence-electron chi connectivity index (χ4n) is 2.44. The SMILES string of the molecule is CC(C)(C)CC(=O)N1CCC(Oc2cc(C(F)(F)F)ccn2)C1. The highest BCUT2D eigenvalue weighted by molar-refractivity contribution is 5.77. The second kappa shape index (κ2) is 6.37. The van der Waals surface area contributed by atoms with E-state index in [2.05, 4.69) is 4.98 Å². The largest absolute Gasteiger partial charge is 0.472 e. The molecule has 1 aliphatic rings. The van der Waals surface area contributed by atoms with E-state index in [1.165, 1.54) is 0 Å². The van der Waals surface area contributed by atoms with Crippen LogP contribution in [0.2, 0.25) is 0 Å². The van der Waals surface area contributed by atoms with Crippen molar-refractivity contribution in [3.63, 3.8) is 0 Å². The first-order valence-corrected chi connectivity index (χ1v) is 7.52. The molecule has 1 fully saturated rings. The van der Waals surface area contributed by atoms with E-state index < -0.39 is 11.7 Å². The van der Waals surface area contributed by atoms with Crippen molar-refractivity contribution in [1.82, 2.24) is 9.88 Å². The fraction of sp³-hybridized carbons (Fsp3) is 0.625. The van der Waals surface area contributed by atoms with Crippen LogP contribution < -0.4 is 4.74 Å². The summed E-state index contributed by atoms with van der Waals surface area (Å²) in [5.74, 6) is -0.0180. The number of amides is 1. The van der Waals surface area contributed by atoms with Crippen LogP contribution in [0.5, 0.6) is 5.88 Å². The van der Waals surface area contributed by atoms with Gasteiger partial charge in [0.25, 0.3) is 0 Å². The van der Waals surface area contributed by atoms with Gasteiger partial charge >= 0.3 is 6.18 Å². The third-order valence-corrected chi connectivity index (χ3v) is 3.53. The van der Waals surface area contributed by atoms with Crippen LogP contribution in [0.25, 0.3) is 0 Å². The Balaban J connectivity index is 1.95. The van der Waals surface area contributed by atoms with Crippen LogP contribution in [-0.4, -0.2) is 35.0 Å². The van der Waals surface area contributed by atoms with Crippen LogP contribution in [-0.2, 0) is 11.0 Å². The van der Waals surface area contributed by atoms with Crippen molar-refractivity contribution in [2.24, 2.45) is 5.41 Å². The van der Waals surface area contributed by atoms with Gasteiger partial charge in [-0.2, -0.15) is 13.2 Å². The van der Waals surface area contributed by atoms with E-state index >= 15 is 0 Å². The second-order valence-corrected chi connectivity index (χ2v) is 6.99. The van der Waals surface area contributed by atoms with Crippen molar-refractivity contribution >= 4 is 5.91 Å². The molecule has 0 bridgehead atoms. The first kappa shape index (κ1) is 17.6. The summed E-state index contributed by atoms with van der Waals surface area (Å²) >= 11 is 0. The molecule has 0 aromatic carbocycles. The molecule has 7 heteroatoms. The smallest absolute Gasteiger partial charge is 0.416 e. The van der Waals surface area contributed by atoms with Crippen LogP contribution in [0.3, 0.4) is 0 Å². The lowest BCUT2D eigenvalue weighted by Crippen LogP contribution is -2.33.